The molecule has 2 aliphatic heterocycles. The van der Waals surface area contributed by atoms with Gasteiger partial charge in [-0.25, -0.2) is 0 Å². The van der Waals surface area contributed by atoms with E-state index in [0.29, 0.717) is 12.5 Å². The van der Waals surface area contributed by atoms with E-state index in [1.54, 1.807) is 0 Å². The minimum absolute atomic E-state index is 0.0624. The van der Waals surface area contributed by atoms with Gasteiger partial charge in [0.1, 0.15) is 5.75 Å². The number of benzene rings is 1. The predicted octanol–water partition coefficient (Wildman–Crippen LogP) is 3.76. The lowest BCUT2D eigenvalue weighted by Gasteiger charge is -2.34. The van der Waals surface area contributed by atoms with Crippen LogP contribution in [0, 0.1) is 11.8 Å². The van der Waals surface area contributed by atoms with Crippen molar-refractivity contribution in [3.8, 4) is 5.75 Å². The molecule has 24 heavy (non-hydrogen) atoms. The van der Waals surface area contributed by atoms with Crippen molar-refractivity contribution >= 4 is 21.8 Å². The number of fused-ring (bicyclic) bond motifs is 1. The van der Waals surface area contributed by atoms with Crippen molar-refractivity contribution in [2.24, 2.45) is 11.8 Å². The lowest BCUT2D eigenvalue weighted by atomic mass is 9.93. The summed E-state index contributed by atoms with van der Waals surface area (Å²) in [7, 11) is 0. The number of hydrogen-bond acceptors (Lipinski definition) is 3. The van der Waals surface area contributed by atoms with Crippen molar-refractivity contribution < 1.29 is 9.53 Å². The van der Waals surface area contributed by atoms with Crippen molar-refractivity contribution in [3.63, 3.8) is 0 Å². The highest BCUT2D eigenvalue weighted by Gasteiger charge is 2.29. The Morgan fingerprint density at radius 1 is 1.33 bits per heavy atom. The average Bonchev–Trinajstić information content (AvgIpc) is 2.55. The number of halogens is 1. The number of ether oxygens (including phenoxy) is 1. The van der Waals surface area contributed by atoms with E-state index < -0.39 is 0 Å². The summed E-state index contributed by atoms with van der Waals surface area (Å²) in [5.74, 6) is 1.93. The minimum Gasteiger partial charge on any atom is -0.493 e. The molecule has 3 rings (SSSR count). The molecule has 0 spiro atoms. The molecule has 0 aliphatic carbocycles. The standard InChI is InChI=1S/C19H27BrN2O2/c1-13(2)12-22-8-5-14(6-9-22)19(23)21-17-7-10-24-18-4-3-15(20)11-16(17)18/h3-4,11,13-14,17H,5-10,12H2,1-2H3,(H,21,23)/t17-/m1/s1. The number of carbonyl (C=O) groups excluding carboxylic acids is 1. The normalized spacial score (nSPS) is 22.1. The molecule has 1 atom stereocenters. The molecule has 2 aliphatic rings. The van der Waals surface area contributed by atoms with E-state index in [-0.39, 0.29) is 17.9 Å². The molecule has 1 fully saturated rings. The molecule has 1 saturated heterocycles. The van der Waals surface area contributed by atoms with Crippen LogP contribution in [-0.4, -0.2) is 37.0 Å². The molecule has 5 heteroatoms. The van der Waals surface area contributed by atoms with Gasteiger partial charge in [-0.15, -0.1) is 0 Å². The second-order valence-electron chi connectivity index (χ2n) is 7.35. The summed E-state index contributed by atoms with van der Waals surface area (Å²) in [5, 5.41) is 3.27. The lowest BCUT2D eigenvalue weighted by molar-refractivity contribution is -0.127. The molecular formula is C19H27BrN2O2. The second kappa shape index (κ2) is 7.87. The Kier molecular flexibility index (Phi) is 5.82. The summed E-state index contributed by atoms with van der Waals surface area (Å²) >= 11 is 3.51. The molecule has 0 bridgehead atoms. The van der Waals surface area contributed by atoms with Gasteiger partial charge >= 0.3 is 0 Å². The van der Waals surface area contributed by atoms with Crippen LogP contribution in [0.5, 0.6) is 5.75 Å². The molecule has 0 unspecified atom stereocenters. The number of piperidine rings is 1. The highest BCUT2D eigenvalue weighted by atomic mass is 79.9. The Morgan fingerprint density at radius 3 is 2.79 bits per heavy atom. The van der Waals surface area contributed by atoms with Gasteiger partial charge in [0.15, 0.2) is 0 Å². The third-order valence-electron chi connectivity index (χ3n) is 4.91. The van der Waals surface area contributed by atoms with Crippen LogP contribution in [0.25, 0.3) is 0 Å². The zero-order chi connectivity index (χ0) is 17.1. The first kappa shape index (κ1) is 17.7. The second-order valence-corrected chi connectivity index (χ2v) is 8.26. The quantitative estimate of drug-likeness (QED) is 0.844. The first-order valence-corrected chi connectivity index (χ1v) is 9.77. The fourth-order valence-corrected chi connectivity index (χ4v) is 4.08. The lowest BCUT2D eigenvalue weighted by Crippen LogP contribution is -2.43. The third kappa shape index (κ3) is 4.31. The van der Waals surface area contributed by atoms with Crippen molar-refractivity contribution in [2.45, 2.75) is 39.2 Å². The largest absolute Gasteiger partial charge is 0.493 e. The van der Waals surface area contributed by atoms with Crippen LogP contribution in [0.15, 0.2) is 22.7 Å². The van der Waals surface area contributed by atoms with E-state index in [1.165, 1.54) is 0 Å². The van der Waals surface area contributed by atoms with E-state index in [9.17, 15) is 4.79 Å². The Labute approximate surface area is 153 Å². The average molecular weight is 395 g/mol. The molecule has 4 nitrogen and oxygen atoms in total. The van der Waals surface area contributed by atoms with Gasteiger partial charge in [0.2, 0.25) is 5.91 Å². The van der Waals surface area contributed by atoms with Crippen molar-refractivity contribution in [3.05, 3.63) is 28.2 Å². The summed E-state index contributed by atoms with van der Waals surface area (Å²) in [4.78, 5) is 15.2. The summed E-state index contributed by atoms with van der Waals surface area (Å²) < 4.78 is 6.73. The number of nitrogens with one attached hydrogen (secondary N) is 1. The van der Waals surface area contributed by atoms with E-state index in [2.05, 4.69) is 46.1 Å². The van der Waals surface area contributed by atoms with Crippen LogP contribution in [0.4, 0.5) is 0 Å². The van der Waals surface area contributed by atoms with Gasteiger partial charge in [-0.3, -0.25) is 4.79 Å². The summed E-state index contributed by atoms with van der Waals surface area (Å²) in [6, 6.07) is 6.08. The van der Waals surface area contributed by atoms with Crippen LogP contribution in [-0.2, 0) is 4.79 Å². The topological polar surface area (TPSA) is 41.6 Å². The zero-order valence-corrected chi connectivity index (χ0v) is 16.1. The van der Waals surface area contributed by atoms with Crippen LogP contribution in [0.2, 0.25) is 0 Å². The molecule has 1 N–H and O–H groups in total. The van der Waals surface area contributed by atoms with Gasteiger partial charge in [0.05, 0.1) is 12.6 Å². The molecule has 1 aromatic carbocycles. The molecule has 0 saturated carbocycles. The third-order valence-corrected chi connectivity index (χ3v) is 5.40. The van der Waals surface area contributed by atoms with Crippen LogP contribution in [0.3, 0.4) is 0 Å². The molecule has 0 radical (unpaired) electrons. The number of likely N-dealkylation sites (tertiary alicyclic amines) is 1. The first-order chi connectivity index (χ1) is 11.5. The molecule has 0 aromatic heterocycles. The van der Waals surface area contributed by atoms with Crippen molar-refractivity contribution in [2.75, 3.05) is 26.2 Å². The Morgan fingerprint density at radius 2 is 2.08 bits per heavy atom. The number of amides is 1. The molecule has 1 aromatic rings. The van der Waals surface area contributed by atoms with Gasteiger partial charge in [-0.2, -0.15) is 0 Å². The summed E-state index contributed by atoms with van der Waals surface area (Å²) in [5.41, 5.74) is 1.08. The van der Waals surface area contributed by atoms with Crippen LogP contribution >= 0.6 is 15.9 Å². The van der Waals surface area contributed by atoms with Gasteiger partial charge in [-0.1, -0.05) is 29.8 Å². The van der Waals surface area contributed by atoms with Gasteiger partial charge < -0.3 is 15.0 Å². The maximum Gasteiger partial charge on any atom is 0.223 e. The fourth-order valence-electron chi connectivity index (χ4n) is 3.70. The molecular weight excluding hydrogens is 368 g/mol. The van der Waals surface area contributed by atoms with Crippen LogP contribution in [0.1, 0.15) is 44.7 Å². The fraction of sp³-hybridized carbons (Fsp3) is 0.632. The maximum atomic E-state index is 12.7. The van der Waals surface area contributed by atoms with Gasteiger partial charge in [0.25, 0.3) is 0 Å². The first-order valence-electron chi connectivity index (χ1n) is 8.98. The smallest absolute Gasteiger partial charge is 0.223 e. The number of nitrogens with zero attached hydrogens (tertiary/aromatic N) is 1. The van der Waals surface area contributed by atoms with Crippen molar-refractivity contribution in [1.29, 1.82) is 0 Å². The monoisotopic (exact) mass is 394 g/mol. The zero-order valence-electron chi connectivity index (χ0n) is 14.6. The Balaban J connectivity index is 1.58. The highest BCUT2D eigenvalue weighted by Crippen LogP contribution is 2.34. The predicted molar refractivity (Wildman–Crippen MR) is 99.1 cm³/mol. The Bertz CT molecular complexity index is 583. The molecule has 132 valence electrons. The molecule has 1 amide bonds. The Hall–Kier alpha value is -1.07. The minimum atomic E-state index is 0.0624. The van der Waals surface area contributed by atoms with E-state index in [4.69, 9.17) is 4.74 Å². The van der Waals surface area contributed by atoms with Crippen molar-refractivity contribution in [1.82, 2.24) is 10.2 Å². The number of rotatable bonds is 4. The maximum absolute atomic E-state index is 12.7. The summed E-state index contributed by atoms with van der Waals surface area (Å²) in [6.45, 7) is 8.36. The number of hydrogen-bond donors (Lipinski definition) is 1. The van der Waals surface area contributed by atoms with E-state index >= 15 is 0 Å². The molecule has 2 heterocycles. The SMILES string of the molecule is CC(C)CN1CCC(C(=O)N[C@@H]2CCOc3ccc(Br)cc32)CC1. The highest BCUT2D eigenvalue weighted by molar-refractivity contribution is 9.10. The number of carbonyl (C=O) groups is 1. The van der Waals surface area contributed by atoms with Gasteiger partial charge in [0, 0.05) is 28.9 Å². The van der Waals surface area contributed by atoms with E-state index in [1.807, 2.05) is 12.1 Å². The van der Waals surface area contributed by atoms with Gasteiger partial charge in [-0.05, 0) is 50.0 Å². The summed E-state index contributed by atoms with van der Waals surface area (Å²) in [6.07, 6.45) is 2.77. The van der Waals surface area contributed by atoms with Crippen LogP contribution < -0.4 is 10.1 Å². The van der Waals surface area contributed by atoms with E-state index in [0.717, 1.165) is 54.7 Å².